The van der Waals surface area contributed by atoms with E-state index in [-0.39, 0.29) is 17.5 Å². The Morgan fingerprint density at radius 3 is 2.03 bits per heavy atom. The Morgan fingerprint density at radius 1 is 0.970 bits per heavy atom. The molecule has 0 unspecified atom stereocenters. The molecule has 33 heavy (non-hydrogen) atoms. The summed E-state index contributed by atoms with van der Waals surface area (Å²) in [5, 5.41) is 23.2. The molecule has 0 spiro atoms. The van der Waals surface area contributed by atoms with Gasteiger partial charge in [0.05, 0.1) is 4.92 Å². The maximum absolute atomic E-state index is 11.8. The van der Waals surface area contributed by atoms with Crippen LogP contribution in [-0.4, -0.2) is 22.3 Å². The van der Waals surface area contributed by atoms with Gasteiger partial charge in [-0.1, -0.05) is 67.6 Å². The Bertz CT molecular complexity index is 1100. The lowest BCUT2D eigenvalue weighted by molar-refractivity contribution is -0.385. The average Bonchev–Trinajstić information content (AvgIpc) is 2.85. The van der Waals surface area contributed by atoms with Crippen LogP contribution in [0.4, 0.5) is 5.69 Å². The molecule has 1 aliphatic rings. The summed E-state index contributed by atoms with van der Waals surface area (Å²) in [5.74, 6) is 0.746. The van der Waals surface area contributed by atoms with E-state index in [0.29, 0.717) is 17.0 Å². The highest BCUT2D eigenvalue weighted by atomic mass is 16.6. The van der Waals surface area contributed by atoms with Crippen molar-refractivity contribution in [3.05, 3.63) is 105 Å². The number of nitro groups is 1. The summed E-state index contributed by atoms with van der Waals surface area (Å²) in [6.07, 6.45) is 5.91. The van der Waals surface area contributed by atoms with Gasteiger partial charge in [-0.2, -0.15) is 0 Å². The Balaban J connectivity index is 1.86. The molecule has 0 amide bonds. The van der Waals surface area contributed by atoms with Gasteiger partial charge >= 0.3 is 0 Å². The van der Waals surface area contributed by atoms with Crippen molar-refractivity contribution in [3.8, 4) is 5.75 Å². The highest BCUT2D eigenvalue weighted by molar-refractivity contribution is 5.86. The van der Waals surface area contributed by atoms with Crippen LogP contribution >= 0.6 is 0 Å². The zero-order valence-electron chi connectivity index (χ0n) is 19.1. The molecule has 0 heterocycles. The lowest BCUT2D eigenvalue weighted by Crippen LogP contribution is -2.26. The van der Waals surface area contributed by atoms with Crippen LogP contribution in [0.3, 0.4) is 0 Å². The molecule has 4 rings (SSSR count). The van der Waals surface area contributed by atoms with Crippen LogP contribution in [0.25, 0.3) is 0 Å². The van der Waals surface area contributed by atoms with Crippen LogP contribution in [0.2, 0.25) is 0 Å². The molecule has 5 nitrogen and oxygen atoms in total. The summed E-state index contributed by atoms with van der Waals surface area (Å²) >= 11 is 0. The van der Waals surface area contributed by atoms with Gasteiger partial charge < -0.3 is 5.11 Å². The van der Waals surface area contributed by atoms with Crippen molar-refractivity contribution < 1.29 is 10.0 Å². The fourth-order valence-electron chi connectivity index (χ4n) is 4.82. The predicted molar refractivity (Wildman–Crippen MR) is 132 cm³/mol. The first-order chi connectivity index (χ1) is 15.9. The van der Waals surface area contributed by atoms with E-state index in [9.17, 15) is 15.2 Å². The Labute approximate surface area is 195 Å². The first-order valence-electron chi connectivity index (χ1n) is 11.6. The Kier molecular flexibility index (Phi) is 6.59. The maximum Gasteiger partial charge on any atom is 0.270 e. The topological polar surface area (TPSA) is 75.7 Å². The van der Waals surface area contributed by atoms with Crippen LogP contribution < -0.4 is 0 Å². The van der Waals surface area contributed by atoms with Gasteiger partial charge in [-0.3, -0.25) is 15.1 Å². The summed E-state index contributed by atoms with van der Waals surface area (Å²) in [6, 6.07) is 22.7. The van der Waals surface area contributed by atoms with Gasteiger partial charge in [-0.05, 0) is 49.7 Å². The molecular weight excluding hydrogens is 412 g/mol. The number of rotatable bonds is 6. The fourth-order valence-corrected chi connectivity index (χ4v) is 4.82. The van der Waals surface area contributed by atoms with Crippen molar-refractivity contribution in [2.75, 3.05) is 0 Å². The third-order valence-corrected chi connectivity index (χ3v) is 6.99. The molecule has 1 fully saturated rings. The van der Waals surface area contributed by atoms with E-state index in [1.165, 1.54) is 12.1 Å². The normalized spacial score (nSPS) is 19.0. The number of hydrogen-bond donors (Lipinski definition) is 1. The molecule has 0 atom stereocenters. The van der Waals surface area contributed by atoms with Crippen LogP contribution in [0.15, 0.2) is 77.8 Å². The second-order valence-electron chi connectivity index (χ2n) is 9.24. The first-order valence-corrected chi connectivity index (χ1v) is 11.6. The summed E-state index contributed by atoms with van der Waals surface area (Å²) < 4.78 is 0. The Morgan fingerprint density at radius 2 is 1.52 bits per heavy atom. The highest BCUT2D eigenvalue weighted by Crippen LogP contribution is 2.45. The minimum atomic E-state index is -0.790. The molecule has 1 aliphatic carbocycles. The maximum atomic E-state index is 11.8. The smallest absolute Gasteiger partial charge is 0.270 e. The lowest BCUT2D eigenvalue weighted by atomic mass is 9.70. The van der Waals surface area contributed by atoms with Crippen molar-refractivity contribution >= 4 is 11.9 Å². The number of phenolic OH excluding ortho intramolecular Hbond substituents is 1. The number of nitrogens with zero attached hydrogens (tertiary/aromatic N) is 2. The molecule has 3 aromatic rings. The molecule has 0 radical (unpaired) electrons. The summed E-state index contributed by atoms with van der Waals surface area (Å²) in [5.41, 5.74) is 1.91. The largest absolute Gasteiger partial charge is 0.507 e. The molecule has 1 saturated carbocycles. The van der Waals surface area contributed by atoms with Crippen LogP contribution in [-0.2, 0) is 5.41 Å². The molecule has 0 bridgehead atoms. The molecule has 5 heteroatoms. The van der Waals surface area contributed by atoms with E-state index in [0.717, 1.165) is 36.8 Å². The van der Waals surface area contributed by atoms with Gasteiger partial charge in [0.1, 0.15) is 5.75 Å². The van der Waals surface area contributed by atoms with Crippen molar-refractivity contribution in [2.45, 2.75) is 51.0 Å². The highest BCUT2D eigenvalue weighted by Gasteiger charge is 2.36. The summed E-state index contributed by atoms with van der Waals surface area (Å²) in [7, 11) is 0. The number of aromatic hydroxyl groups is 1. The second-order valence-corrected chi connectivity index (χ2v) is 9.24. The van der Waals surface area contributed by atoms with E-state index in [1.54, 1.807) is 6.21 Å². The summed E-state index contributed by atoms with van der Waals surface area (Å²) in [6.45, 7) is 4.26. The average molecular weight is 443 g/mol. The fraction of sp³-hybridized carbons (Fsp3) is 0.321. The molecular formula is C28H30N2O3. The number of aliphatic imine (C=N–C) groups is 1. The van der Waals surface area contributed by atoms with Gasteiger partial charge in [-0.25, -0.2) is 0 Å². The lowest BCUT2D eigenvalue weighted by Gasteiger charge is -2.32. The van der Waals surface area contributed by atoms with E-state index in [2.05, 4.69) is 6.92 Å². The van der Waals surface area contributed by atoms with Gasteiger partial charge in [0, 0.05) is 40.9 Å². The molecule has 0 aliphatic heterocycles. The predicted octanol–water partition coefficient (Wildman–Crippen LogP) is 6.65. The zero-order chi connectivity index (χ0) is 23.4. The SMILES string of the molecule is CC1CCC(N=Cc2cc([N+](=O)[O-])cc(C(C)(c3ccccc3)c3ccccc3)c2O)CC1. The van der Waals surface area contributed by atoms with Crippen molar-refractivity contribution in [2.24, 2.45) is 10.9 Å². The molecule has 1 N–H and O–H groups in total. The minimum absolute atomic E-state index is 0.0312. The Hall–Kier alpha value is -3.47. The van der Waals surface area contributed by atoms with E-state index >= 15 is 0 Å². The van der Waals surface area contributed by atoms with E-state index in [4.69, 9.17) is 4.99 Å². The molecule has 3 aromatic carbocycles. The van der Waals surface area contributed by atoms with Crippen LogP contribution in [0.1, 0.15) is 61.8 Å². The first kappa shape index (κ1) is 22.7. The van der Waals surface area contributed by atoms with Crippen LogP contribution in [0, 0.1) is 16.0 Å². The third kappa shape index (κ3) is 4.68. The third-order valence-electron chi connectivity index (χ3n) is 6.99. The van der Waals surface area contributed by atoms with Gasteiger partial charge in [0.2, 0.25) is 0 Å². The van der Waals surface area contributed by atoms with Gasteiger partial charge in [0.25, 0.3) is 5.69 Å². The number of benzene rings is 3. The molecule has 0 aromatic heterocycles. The van der Waals surface area contributed by atoms with Crippen LogP contribution in [0.5, 0.6) is 5.75 Å². The number of nitro benzene ring substituents is 1. The van der Waals surface area contributed by atoms with Gasteiger partial charge in [0.15, 0.2) is 0 Å². The monoisotopic (exact) mass is 442 g/mol. The van der Waals surface area contributed by atoms with Gasteiger partial charge in [-0.15, -0.1) is 0 Å². The minimum Gasteiger partial charge on any atom is -0.507 e. The second kappa shape index (κ2) is 9.57. The van der Waals surface area contributed by atoms with E-state index < -0.39 is 10.3 Å². The van der Waals surface area contributed by atoms with E-state index in [1.807, 2.05) is 67.6 Å². The summed E-state index contributed by atoms with van der Waals surface area (Å²) in [4.78, 5) is 16.1. The quantitative estimate of drug-likeness (QED) is 0.201. The molecule has 170 valence electrons. The molecule has 0 saturated heterocycles. The van der Waals surface area contributed by atoms with Crippen molar-refractivity contribution in [3.63, 3.8) is 0 Å². The number of phenols is 1. The zero-order valence-corrected chi connectivity index (χ0v) is 19.1. The van der Waals surface area contributed by atoms with Crippen molar-refractivity contribution in [1.29, 1.82) is 0 Å². The number of hydrogen-bond acceptors (Lipinski definition) is 4. The number of non-ortho nitro benzene ring substituents is 1. The standard InChI is InChI=1S/C28H30N2O3/c1-20-13-15-24(16-14-20)29-19-21-17-25(30(32)33)18-26(27(21)31)28(2,22-9-5-3-6-10-22)23-11-7-4-8-12-23/h3-12,17-20,24,31H,13-16H2,1-2H3. The van der Waals surface area contributed by atoms with Crippen molar-refractivity contribution in [1.82, 2.24) is 0 Å².